The molecule has 33 heavy (non-hydrogen) atoms. The summed E-state index contributed by atoms with van der Waals surface area (Å²) in [7, 11) is 1.70. The van der Waals surface area contributed by atoms with E-state index in [1.54, 1.807) is 13.2 Å². The Labute approximate surface area is 194 Å². The lowest BCUT2D eigenvalue weighted by molar-refractivity contribution is -0.124. The molecule has 0 saturated carbocycles. The summed E-state index contributed by atoms with van der Waals surface area (Å²) in [6.07, 6.45) is 6.86. The smallest absolute Gasteiger partial charge is 0.246 e. The van der Waals surface area contributed by atoms with Crippen LogP contribution in [0.2, 0.25) is 0 Å². The van der Waals surface area contributed by atoms with Crippen molar-refractivity contribution >= 4 is 22.9 Å². The van der Waals surface area contributed by atoms with Gasteiger partial charge in [0.15, 0.2) is 0 Å². The minimum atomic E-state index is 0.0847. The fraction of sp³-hybridized carbons (Fsp3) is 0.207. The molecular weight excluding hydrogens is 408 g/mol. The molecule has 1 saturated heterocycles. The monoisotopic (exact) mass is 436 g/mol. The lowest BCUT2D eigenvalue weighted by atomic mass is 9.98. The molecule has 1 unspecified atom stereocenters. The van der Waals surface area contributed by atoms with E-state index in [1.165, 1.54) is 22.0 Å². The van der Waals surface area contributed by atoms with Gasteiger partial charge in [-0.3, -0.25) is 4.79 Å². The molecule has 1 aliphatic rings. The topological polar surface area (TPSA) is 34.5 Å². The predicted octanol–water partition coefficient (Wildman–Crippen LogP) is 5.73. The average molecular weight is 437 g/mol. The van der Waals surface area contributed by atoms with Crippen molar-refractivity contribution < 1.29 is 9.53 Å². The van der Waals surface area contributed by atoms with Gasteiger partial charge in [-0.2, -0.15) is 0 Å². The number of ether oxygens (including phenoxy) is 1. The Morgan fingerprint density at radius 3 is 2.70 bits per heavy atom. The first-order valence-corrected chi connectivity index (χ1v) is 11.4. The van der Waals surface area contributed by atoms with Gasteiger partial charge in [-0.15, -0.1) is 0 Å². The van der Waals surface area contributed by atoms with Gasteiger partial charge < -0.3 is 14.2 Å². The van der Waals surface area contributed by atoms with E-state index in [0.717, 1.165) is 37.4 Å². The SMILES string of the molecule is COc1cccc(Cn2cc(C3CCN(C(=O)C=Cc4ccccc4)C3)c3ccccc32)c1. The molecule has 4 heteroatoms. The third kappa shape index (κ3) is 4.56. The zero-order valence-electron chi connectivity index (χ0n) is 18.9. The Morgan fingerprint density at radius 1 is 1.03 bits per heavy atom. The van der Waals surface area contributed by atoms with Crippen LogP contribution in [0.4, 0.5) is 0 Å². The van der Waals surface area contributed by atoms with Crippen molar-refractivity contribution in [3.8, 4) is 5.75 Å². The van der Waals surface area contributed by atoms with E-state index in [0.29, 0.717) is 5.92 Å². The van der Waals surface area contributed by atoms with Crippen molar-refractivity contribution in [3.63, 3.8) is 0 Å². The molecule has 2 heterocycles. The zero-order valence-corrected chi connectivity index (χ0v) is 18.9. The van der Waals surface area contributed by atoms with Gasteiger partial charge >= 0.3 is 0 Å². The summed E-state index contributed by atoms with van der Waals surface area (Å²) in [6, 6.07) is 26.8. The van der Waals surface area contributed by atoms with Crippen LogP contribution in [0, 0.1) is 0 Å². The summed E-state index contributed by atoms with van der Waals surface area (Å²) in [4.78, 5) is 14.8. The maximum Gasteiger partial charge on any atom is 0.246 e. The molecule has 0 spiro atoms. The van der Waals surface area contributed by atoms with Gasteiger partial charge in [0.05, 0.1) is 7.11 Å². The van der Waals surface area contributed by atoms with E-state index in [9.17, 15) is 4.79 Å². The number of benzene rings is 3. The van der Waals surface area contributed by atoms with Gasteiger partial charge in [-0.05, 0) is 47.4 Å². The second kappa shape index (κ2) is 9.37. The van der Waals surface area contributed by atoms with Crippen LogP contribution >= 0.6 is 0 Å². The van der Waals surface area contributed by atoms with E-state index < -0.39 is 0 Å². The van der Waals surface area contributed by atoms with Crippen LogP contribution < -0.4 is 4.74 Å². The van der Waals surface area contributed by atoms with Crippen molar-refractivity contribution in [1.29, 1.82) is 0 Å². The summed E-state index contributed by atoms with van der Waals surface area (Å²) in [5.41, 5.74) is 4.80. The minimum absolute atomic E-state index is 0.0847. The van der Waals surface area contributed by atoms with E-state index in [4.69, 9.17) is 4.74 Å². The van der Waals surface area contributed by atoms with Gasteiger partial charge in [0.25, 0.3) is 0 Å². The maximum atomic E-state index is 12.8. The molecule has 1 atom stereocenters. The first kappa shape index (κ1) is 21.1. The van der Waals surface area contributed by atoms with Gasteiger partial charge in [0, 0.05) is 48.7 Å². The molecule has 0 N–H and O–H groups in total. The molecule has 4 aromatic rings. The quantitative estimate of drug-likeness (QED) is 0.362. The summed E-state index contributed by atoms with van der Waals surface area (Å²) in [5, 5.41) is 1.28. The molecule has 1 aromatic heterocycles. The highest BCUT2D eigenvalue weighted by molar-refractivity contribution is 5.92. The number of amides is 1. The largest absolute Gasteiger partial charge is 0.497 e. The number of aromatic nitrogens is 1. The van der Waals surface area contributed by atoms with Crippen molar-refractivity contribution in [2.24, 2.45) is 0 Å². The zero-order chi connectivity index (χ0) is 22.6. The lowest BCUT2D eigenvalue weighted by Gasteiger charge is -2.14. The number of hydrogen-bond donors (Lipinski definition) is 0. The Morgan fingerprint density at radius 2 is 1.85 bits per heavy atom. The number of fused-ring (bicyclic) bond motifs is 1. The van der Waals surface area contributed by atoms with Crippen molar-refractivity contribution in [3.05, 3.63) is 108 Å². The molecule has 0 radical (unpaired) electrons. The summed E-state index contributed by atoms with van der Waals surface area (Å²) in [6.45, 7) is 2.33. The number of rotatable bonds is 6. The van der Waals surface area contributed by atoms with Crippen molar-refractivity contribution in [2.75, 3.05) is 20.2 Å². The second-order valence-corrected chi connectivity index (χ2v) is 8.59. The van der Waals surface area contributed by atoms with E-state index in [2.05, 4.69) is 47.2 Å². The van der Waals surface area contributed by atoms with E-state index >= 15 is 0 Å². The van der Waals surface area contributed by atoms with Crippen LogP contribution in [0.15, 0.2) is 91.1 Å². The first-order chi connectivity index (χ1) is 16.2. The van der Waals surface area contributed by atoms with Crippen molar-refractivity contribution in [1.82, 2.24) is 9.47 Å². The fourth-order valence-electron chi connectivity index (χ4n) is 4.75. The normalized spacial score (nSPS) is 16.0. The van der Waals surface area contributed by atoms with E-state index in [-0.39, 0.29) is 5.91 Å². The molecule has 0 aliphatic carbocycles. The summed E-state index contributed by atoms with van der Waals surface area (Å²) in [5.74, 6) is 1.30. The van der Waals surface area contributed by atoms with Crippen LogP contribution in [0.1, 0.15) is 29.0 Å². The molecule has 1 fully saturated rings. The van der Waals surface area contributed by atoms with Crippen LogP contribution in [-0.2, 0) is 11.3 Å². The molecule has 5 rings (SSSR count). The summed E-state index contributed by atoms with van der Waals surface area (Å²) >= 11 is 0. The van der Waals surface area contributed by atoms with Gasteiger partial charge in [-0.25, -0.2) is 0 Å². The molecule has 0 bridgehead atoms. The number of carbonyl (C=O) groups excluding carboxylic acids is 1. The number of nitrogens with zero attached hydrogens (tertiary/aromatic N) is 2. The standard InChI is InChI=1S/C29H28N2O2/c1-33-25-11-7-10-23(18-25)19-31-21-27(26-12-5-6-13-28(26)31)24-16-17-30(20-24)29(32)15-14-22-8-3-2-4-9-22/h2-15,18,21,24H,16-17,19-20H2,1H3. The Balaban J connectivity index is 1.36. The minimum Gasteiger partial charge on any atom is -0.497 e. The molecular formula is C29H28N2O2. The van der Waals surface area contributed by atoms with Crippen LogP contribution in [0.5, 0.6) is 5.75 Å². The maximum absolute atomic E-state index is 12.8. The number of carbonyl (C=O) groups is 1. The van der Waals surface area contributed by atoms with Crippen LogP contribution in [0.3, 0.4) is 0 Å². The number of methoxy groups -OCH3 is 1. The van der Waals surface area contributed by atoms with Crippen LogP contribution in [-0.4, -0.2) is 35.6 Å². The number of hydrogen-bond acceptors (Lipinski definition) is 2. The molecule has 3 aromatic carbocycles. The number of para-hydroxylation sites is 1. The van der Waals surface area contributed by atoms with Crippen molar-refractivity contribution in [2.45, 2.75) is 18.9 Å². The molecule has 1 amide bonds. The third-order valence-corrected chi connectivity index (χ3v) is 6.46. The Hall–Kier alpha value is -3.79. The van der Waals surface area contributed by atoms with Gasteiger partial charge in [0.2, 0.25) is 5.91 Å². The highest BCUT2D eigenvalue weighted by Gasteiger charge is 2.28. The highest BCUT2D eigenvalue weighted by Crippen LogP contribution is 2.34. The second-order valence-electron chi connectivity index (χ2n) is 8.59. The summed E-state index contributed by atoms with van der Waals surface area (Å²) < 4.78 is 7.72. The Kier molecular flexibility index (Phi) is 5.99. The Bertz CT molecular complexity index is 1290. The van der Waals surface area contributed by atoms with E-state index in [1.807, 2.05) is 53.4 Å². The molecule has 166 valence electrons. The fourth-order valence-corrected chi connectivity index (χ4v) is 4.75. The van der Waals surface area contributed by atoms with Gasteiger partial charge in [0.1, 0.15) is 5.75 Å². The third-order valence-electron chi connectivity index (χ3n) is 6.46. The number of likely N-dealkylation sites (tertiary alicyclic amines) is 1. The van der Waals surface area contributed by atoms with Crippen LogP contribution in [0.25, 0.3) is 17.0 Å². The average Bonchev–Trinajstić information content (AvgIpc) is 3.49. The molecule has 1 aliphatic heterocycles. The molecule has 4 nitrogen and oxygen atoms in total. The highest BCUT2D eigenvalue weighted by atomic mass is 16.5. The predicted molar refractivity (Wildman–Crippen MR) is 133 cm³/mol. The first-order valence-electron chi connectivity index (χ1n) is 11.4. The lowest BCUT2D eigenvalue weighted by Crippen LogP contribution is -2.26. The van der Waals surface area contributed by atoms with Gasteiger partial charge in [-0.1, -0.05) is 60.7 Å².